The number of nitrogens with zero attached hydrogens (tertiary/aromatic N) is 4. The lowest BCUT2D eigenvalue weighted by molar-refractivity contribution is -0.606. The highest BCUT2D eigenvalue weighted by Gasteiger charge is 2.22. The van der Waals surface area contributed by atoms with Crippen LogP contribution in [-0.4, -0.2) is 33.8 Å². The highest BCUT2D eigenvalue weighted by molar-refractivity contribution is 7.20. The lowest BCUT2D eigenvalue weighted by Crippen LogP contribution is -2.41. The summed E-state index contributed by atoms with van der Waals surface area (Å²) in [7, 11) is 0. The Hall–Kier alpha value is -3.10. The number of aryl methyl sites for hydroxylation is 2. The Labute approximate surface area is 184 Å². The Morgan fingerprint density at radius 1 is 1.23 bits per heavy atom. The molecule has 0 spiro atoms. The minimum Gasteiger partial charge on any atom is -0.351 e. The minimum atomic E-state index is -0.0238. The van der Waals surface area contributed by atoms with Crippen LogP contribution in [0.3, 0.4) is 0 Å². The smallest absolute Gasteiger partial charge is 0.270 e. The molecular formula is C23H25N6OS+. The van der Waals surface area contributed by atoms with Gasteiger partial charge in [0.25, 0.3) is 18.1 Å². The van der Waals surface area contributed by atoms with E-state index in [1.165, 1.54) is 16.9 Å². The number of thiophene rings is 1. The molecule has 31 heavy (non-hydrogen) atoms. The first-order valence-electron chi connectivity index (χ1n) is 10.5. The maximum atomic E-state index is 12.7. The second-order valence-electron chi connectivity index (χ2n) is 7.85. The summed E-state index contributed by atoms with van der Waals surface area (Å²) in [5, 5.41) is 12.0. The van der Waals surface area contributed by atoms with Gasteiger partial charge in [0.05, 0.1) is 11.4 Å². The van der Waals surface area contributed by atoms with E-state index < -0.39 is 0 Å². The number of nitrogens with one attached hydrogen (secondary N) is 2. The molecule has 0 unspecified atom stereocenters. The first kappa shape index (κ1) is 19.8. The number of benzene rings is 1. The molecule has 1 amide bonds. The summed E-state index contributed by atoms with van der Waals surface area (Å²) in [5.41, 5.74) is 4.26. The highest BCUT2D eigenvalue weighted by Crippen LogP contribution is 2.29. The van der Waals surface area contributed by atoms with Crippen molar-refractivity contribution >= 4 is 27.5 Å². The van der Waals surface area contributed by atoms with Crippen molar-refractivity contribution in [2.75, 3.05) is 13.1 Å². The van der Waals surface area contributed by atoms with Crippen molar-refractivity contribution < 1.29 is 9.36 Å². The van der Waals surface area contributed by atoms with Crippen LogP contribution in [0.25, 0.3) is 15.9 Å². The van der Waals surface area contributed by atoms with Crippen LogP contribution in [0.15, 0.2) is 42.7 Å². The van der Waals surface area contributed by atoms with Crippen LogP contribution in [0, 0.1) is 13.8 Å². The fourth-order valence-corrected chi connectivity index (χ4v) is 5.11. The number of hydrogen-bond acceptors (Lipinski definition) is 5. The number of hydrogen-bond donors (Lipinski definition) is 2. The summed E-state index contributed by atoms with van der Waals surface area (Å²) in [6.07, 6.45) is 2.66. The van der Waals surface area contributed by atoms with Crippen LogP contribution in [-0.2, 0) is 19.5 Å². The van der Waals surface area contributed by atoms with Gasteiger partial charge in [0.1, 0.15) is 17.1 Å². The molecular weight excluding hydrogens is 408 g/mol. The van der Waals surface area contributed by atoms with Crippen LogP contribution in [0.5, 0.6) is 0 Å². The average molecular weight is 434 g/mol. The Balaban J connectivity index is 1.22. The van der Waals surface area contributed by atoms with Crippen LogP contribution in [0.2, 0.25) is 0 Å². The SMILES string of the molecule is Cc1ccc2c(C)c(C(=O)NCCc3ccc(-[n+]4cnn5c4CNCC5)cc3)sc2n1. The molecule has 8 heteroatoms. The molecule has 0 aliphatic carbocycles. The molecule has 0 radical (unpaired) electrons. The molecule has 0 saturated carbocycles. The van der Waals surface area contributed by atoms with Gasteiger partial charge < -0.3 is 10.6 Å². The summed E-state index contributed by atoms with van der Waals surface area (Å²) < 4.78 is 4.17. The molecule has 7 nitrogen and oxygen atoms in total. The van der Waals surface area contributed by atoms with Gasteiger partial charge in [-0.25, -0.2) is 4.98 Å². The second kappa shape index (κ2) is 8.20. The van der Waals surface area contributed by atoms with E-state index >= 15 is 0 Å². The molecule has 2 N–H and O–H groups in total. The van der Waals surface area contributed by atoms with E-state index in [2.05, 4.69) is 49.5 Å². The number of aromatic nitrogens is 4. The molecule has 0 saturated heterocycles. The van der Waals surface area contributed by atoms with E-state index in [-0.39, 0.29) is 5.91 Å². The van der Waals surface area contributed by atoms with Gasteiger partial charge in [-0.05, 0) is 55.7 Å². The van der Waals surface area contributed by atoms with E-state index in [0.29, 0.717) is 6.54 Å². The molecule has 158 valence electrons. The molecule has 5 rings (SSSR count). The van der Waals surface area contributed by atoms with Crippen molar-refractivity contribution in [1.82, 2.24) is 25.4 Å². The first-order valence-corrected chi connectivity index (χ1v) is 11.3. The maximum absolute atomic E-state index is 12.7. The van der Waals surface area contributed by atoms with Crippen molar-refractivity contribution in [3.05, 3.63) is 70.2 Å². The van der Waals surface area contributed by atoms with Crippen molar-refractivity contribution in [1.29, 1.82) is 0 Å². The zero-order valence-corrected chi connectivity index (χ0v) is 18.5. The Bertz CT molecular complexity index is 1260. The molecule has 1 aliphatic heterocycles. The normalized spacial score (nSPS) is 13.4. The van der Waals surface area contributed by atoms with Crippen molar-refractivity contribution in [2.24, 2.45) is 0 Å². The van der Waals surface area contributed by atoms with E-state index in [0.717, 1.165) is 63.9 Å². The molecule has 4 aromatic rings. The molecule has 3 aromatic heterocycles. The number of carbonyl (C=O) groups is 1. The quantitative estimate of drug-likeness (QED) is 0.474. The number of pyridine rings is 1. The zero-order chi connectivity index (χ0) is 21.4. The van der Waals surface area contributed by atoms with E-state index in [9.17, 15) is 4.79 Å². The van der Waals surface area contributed by atoms with Gasteiger partial charge in [-0.2, -0.15) is 4.57 Å². The second-order valence-corrected chi connectivity index (χ2v) is 8.85. The fourth-order valence-electron chi connectivity index (χ4n) is 3.97. The molecule has 0 atom stereocenters. The molecule has 1 aliphatic rings. The highest BCUT2D eigenvalue weighted by atomic mass is 32.1. The van der Waals surface area contributed by atoms with Crippen molar-refractivity contribution in [3.63, 3.8) is 0 Å². The van der Waals surface area contributed by atoms with Gasteiger partial charge in [-0.1, -0.05) is 12.1 Å². The zero-order valence-electron chi connectivity index (χ0n) is 17.7. The van der Waals surface area contributed by atoms with Crippen LogP contribution in [0.1, 0.15) is 32.3 Å². The fraction of sp³-hybridized carbons (Fsp3) is 0.304. The van der Waals surface area contributed by atoms with Crippen molar-refractivity contribution in [3.8, 4) is 5.69 Å². The predicted octanol–water partition coefficient (Wildman–Crippen LogP) is 2.46. The average Bonchev–Trinajstić information content (AvgIpc) is 3.35. The van der Waals surface area contributed by atoms with Gasteiger partial charge in [0.15, 0.2) is 0 Å². The lowest BCUT2D eigenvalue weighted by Gasteiger charge is -2.10. The summed E-state index contributed by atoms with van der Waals surface area (Å²) >= 11 is 1.47. The van der Waals surface area contributed by atoms with Crippen LogP contribution in [0.4, 0.5) is 0 Å². The van der Waals surface area contributed by atoms with Gasteiger partial charge >= 0.3 is 0 Å². The number of carbonyl (C=O) groups excluding carboxylic acids is 1. The summed E-state index contributed by atoms with van der Waals surface area (Å²) in [6, 6.07) is 12.5. The number of amides is 1. The molecule has 0 bridgehead atoms. The van der Waals surface area contributed by atoms with Crippen molar-refractivity contribution in [2.45, 2.75) is 33.4 Å². The van der Waals surface area contributed by atoms with E-state index in [1.54, 1.807) is 0 Å². The summed E-state index contributed by atoms with van der Waals surface area (Å²) in [4.78, 5) is 18.9. The standard InChI is InChI=1S/C23H24N6OS/c1-15-3-8-19-16(2)21(31-23(19)27-15)22(30)25-10-9-17-4-6-18(7-5-17)28-14-26-29-12-11-24-13-20(28)29/h3-8,14,24H,9-13H2,1-2H3/p+1. The molecule has 0 fully saturated rings. The summed E-state index contributed by atoms with van der Waals surface area (Å²) in [5.74, 6) is 1.14. The lowest BCUT2D eigenvalue weighted by atomic mass is 10.1. The maximum Gasteiger partial charge on any atom is 0.270 e. The third kappa shape index (κ3) is 3.84. The third-order valence-corrected chi connectivity index (χ3v) is 6.93. The summed E-state index contributed by atoms with van der Waals surface area (Å²) in [6.45, 7) is 7.23. The Morgan fingerprint density at radius 3 is 2.90 bits per heavy atom. The minimum absolute atomic E-state index is 0.0238. The monoisotopic (exact) mass is 433 g/mol. The number of rotatable bonds is 5. The first-order chi connectivity index (χ1) is 15.1. The third-order valence-electron chi connectivity index (χ3n) is 5.73. The molecule has 1 aromatic carbocycles. The number of fused-ring (bicyclic) bond motifs is 2. The van der Waals surface area contributed by atoms with E-state index in [4.69, 9.17) is 0 Å². The predicted molar refractivity (Wildman–Crippen MR) is 121 cm³/mol. The van der Waals surface area contributed by atoms with Crippen LogP contribution < -0.4 is 15.2 Å². The van der Waals surface area contributed by atoms with Gasteiger partial charge in [-0.3, -0.25) is 4.79 Å². The van der Waals surface area contributed by atoms with Gasteiger partial charge in [0.2, 0.25) is 0 Å². The molecule has 4 heterocycles. The van der Waals surface area contributed by atoms with E-state index in [1.807, 2.05) is 37.0 Å². The van der Waals surface area contributed by atoms with Crippen LogP contribution >= 0.6 is 11.3 Å². The van der Waals surface area contributed by atoms with Gasteiger partial charge in [0, 0.05) is 29.3 Å². The Kier molecular flexibility index (Phi) is 5.25. The van der Waals surface area contributed by atoms with Gasteiger partial charge in [-0.15, -0.1) is 16.0 Å². The Morgan fingerprint density at radius 2 is 2.06 bits per heavy atom. The topological polar surface area (TPSA) is 75.7 Å². The largest absolute Gasteiger partial charge is 0.351 e.